The van der Waals surface area contributed by atoms with E-state index in [1.54, 1.807) is 0 Å². The van der Waals surface area contributed by atoms with E-state index in [9.17, 15) is 0 Å². The molecule has 2 heteroatoms. The van der Waals surface area contributed by atoms with E-state index in [0.717, 1.165) is 11.1 Å². The zero-order valence-corrected chi connectivity index (χ0v) is 25.9. The van der Waals surface area contributed by atoms with Crippen LogP contribution in [0.25, 0.3) is 10.8 Å². The van der Waals surface area contributed by atoms with Crippen LogP contribution in [0.1, 0.15) is 94.2 Å². The fourth-order valence-electron chi connectivity index (χ4n) is 6.77. The number of hydrogen-bond donors (Lipinski definition) is 0. The highest BCUT2D eigenvalue weighted by Crippen LogP contribution is 2.42. The first-order valence-corrected chi connectivity index (χ1v) is 17.9. The first-order valence-electron chi connectivity index (χ1n) is 13.4. The van der Waals surface area contributed by atoms with Crippen molar-refractivity contribution in [3.8, 4) is 22.9 Å². The van der Waals surface area contributed by atoms with Crippen molar-refractivity contribution >= 4 is 26.9 Å². The van der Waals surface area contributed by atoms with Gasteiger partial charge in [0.2, 0.25) is 0 Å². The summed E-state index contributed by atoms with van der Waals surface area (Å²) in [6.07, 6.45) is 0. The minimum atomic E-state index is -1.80. The van der Waals surface area contributed by atoms with Crippen LogP contribution in [0.5, 0.6) is 0 Å². The highest BCUT2D eigenvalue weighted by Gasteiger charge is 2.42. The van der Waals surface area contributed by atoms with Crippen molar-refractivity contribution in [1.82, 2.24) is 0 Å². The third-order valence-electron chi connectivity index (χ3n) is 8.46. The topological polar surface area (TPSA) is 0 Å². The van der Waals surface area contributed by atoms with Crippen LogP contribution in [0.3, 0.4) is 0 Å². The molecule has 2 aromatic rings. The second-order valence-electron chi connectivity index (χ2n) is 12.0. The molecule has 0 aromatic heterocycles. The largest absolute Gasteiger partial charge is 0.146 e. The predicted molar refractivity (Wildman–Crippen MR) is 160 cm³/mol. The normalized spacial score (nSPS) is 12.6. The van der Waals surface area contributed by atoms with Gasteiger partial charge in [0.25, 0.3) is 0 Å². The average molecular weight is 489 g/mol. The molecule has 0 saturated heterocycles. The maximum Gasteiger partial charge on any atom is 0.146 e. The van der Waals surface area contributed by atoms with Gasteiger partial charge in [-0.15, -0.1) is 11.1 Å². The SMILES string of the molecule is CC(C)[Si](C#Cc1cccc2cccc(C#C[Si](C(C)C)(C(C)C)C(C)C)c12)(C(C)C)C(C)C. The monoisotopic (exact) mass is 488 g/mol. The molecule has 34 heavy (non-hydrogen) atoms. The van der Waals surface area contributed by atoms with E-state index < -0.39 is 16.1 Å². The molecule has 0 spiro atoms. The summed E-state index contributed by atoms with van der Waals surface area (Å²) in [5, 5.41) is 2.48. The van der Waals surface area contributed by atoms with Gasteiger partial charge in [0.05, 0.1) is 0 Å². The standard InChI is InChI=1S/C32H48Si2/c1-23(2)33(24(3)4,25(5)6)21-19-30-17-13-15-29-16-14-18-31(32(29)30)20-22-34(26(7)8,27(9)10)28(11)12/h13-18,23-28H,1-12H3. The fraction of sp³-hybridized carbons (Fsp3) is 0.562. The molecule has 0 fully saturated rings. The molecule has 0 aliphatic heterocycles. The Morgan fingerprint density at radius 3 is 1.03 bits per heavy atom. The fourth-order valence-corrected chi connectivity index (χ4v) is 17.2. The van der Waals surface area contributed by atoms with Crippen LogP contribution in [0.4, 0.5) is 0 Å². The highest BCUT2D eigenvalue weighted by atomic mass is 28.3. The zero-order chi connectivity index (χ0) is 25.8. The molecule has 0 unspecified atom stereocenters. The van der Waals surface area contributed by atoms with Crippen molar-refractivity contribution in [3.63, 3.8) is 0 Å². The van der Waals surface area contributed by atoms with Crippen LogP contribution in [-0.2, 0) is 0 Å². The molecule has 2 rings (SSSR count). The second-order valence-corrected chi connectivity index (χ2v) is 23.2. The van der Waals surface area contributed by atoms with Gasteiger partial charge in [-0.25, -0.2) is 0 Å². The van der Waals surface area contributed by atoms with E-state index in [4.69, 9.17) is 0 Å². The molecular formula is C32H48Si2. The molecule has 0 amide bonds. The number of fused-ring (bicyclic) bond motifs is 1. The molecule has 0 atom stereocenters. The lowest BCUT2D eigenvalue weighted by molar-refractivity contribution is 0.838. The van der Waals surface area contributed by atoms with Crippen molar-refractivity contribution < 1.29 is 0 Å². The number of hydrogen-bond acceptors (Lipinski definition) is 0. The average Bonchev–Trinajstić information content (AvgIpc) is 2.73. The Hall–Kier alpha value is -1.75. The first kappa shape index (κ1) is 28.5. The molecule has 0 N–H and O–H groups in total. The van der Waals surface area contributed by atoms with Crippen molar-refractivity contribution in [2.75, 3.05) is 0 Å². The molecule has 0 nitrogen and oxygen atoms in total. The second kappa shape index (κ2) is 11.3. The molecule has 0 bridgehead atoms. The summed E-state index contributed by atoms with van der Waals surface area (Å²) >= 11 is 0. The molecule has 184 valence electrons. The van der Waals surface area contributed by atoms with Crippen LogP contribution in [0.15, 0.2) is 36.4 Å². The van der Waals surface area contributed by atoms with Crippen molar-refractivity contribution in [2.24, 2.45) is 0 Å². The van der Waals surface area contributed by atoms with Crippen molar-refractivity contribution in [1.29, 1.82) is 0 Å². The molecule has 0 aliphatic carbocycles. The minimum absolute atomic E-state index is 0.629. The lowest BCUT2D eigenvalue weighted by Gasteiger charge is -2.38. The summed E-state index contributed by atoms with van der Waals surface area (Å²) in [7, 11) is -3.60. The maximum absolute atomic E-state index is 3.94. The number of rotatable bonds is 6. The molecule has 2 aromatic carbocycles. The van der Waals surface area contributed by atoms with Crippen molar-refractivity contribution in [2.45, 2.75) is 116 Å². The lowest BCUT2D eigenvalue weighted by Crippen LogP contribution is -2.43. The van der Waals surface area contributed by atoms with Crippen molar-refractivity contribution in [3.05, 3.63) is 47.5 Å². The minimum Gasteiger partial charge on any atom is -0.125 e. The van der Waals surface area contributed by atoms with E-state index in [1.165, 1.54) is 10.8 Å². The van der Waals surface area contributed by atoms with Crippen LogP contribution in [0, 0.1) is 22.9 Å². The van der Waals surface area contributed by atoms with Gasteiger partial charge in [0, 0.05) is 16.5 Å². The lowest BCUT2D eigenvalue weighted by atomic mass is 10.00. The summed E-state index contributed by atoms with van der Waals surface area (Å²) < 4.78 is 0. The van der Waals surface area contributed by atoms with Gasteiger partial charge >= 0.3 is 0 Å². The summed E-state index contributed by atoms with van der Waals surface area (Å²) in [5.41, 5.74) is 14.0. The van der Waals surface area contributed by atoms with Gasteiger partial charge in [-0.1, -0.05) is 119 Å². The summed E-state index contributed by atoms with van der Waals surface area (Å²) in [4.78, 5) is 0. The third kappa shape index (κ3) is 5.25. The van der Waals surface area contributed by atoms with E-state index in [-0.39, 0.29) is 0 Å². The quantitative estimate of drug-likeness (QED) is 0.280. The van der Waals surface area contributed by atoms with Gasteiger partial charge in [0.1, 0.15) is 16.1 Å². The summed E-state index contributed by atoms with van der Waals surface area (Å²) in [6, 6.07) is 13.1. The molecular weight excluding hydrogens is 441 g/mol. The molecule has 0 saturated carbocycles. The molecule has 0 aliphatic rings. The van der Waals surface area contributed by atoms with E-state index in [0.29, 0.717) is 33.2 Å². The Morgan fingerprint density at radius 2 is 0.765 bits per heavy atom. The van der Waals surface area contributed by atoms with Gasteiger partial charge in [0.15, 0.2) is 0 Å². The Labute approximate surface area is 213 Å². The Bertz CT molecular complexity index is 966. The first-order chi connectivity index (χ1) is 15.8. The number of benzene rings is 2. The van der Waals surface area contributed by atoms with E-state index >= 15 is 0 Å². The van der Waals surface area contributed by atoms with Gasteiger partial charge in [-0.2, -0.15) is 0 Å². The van der Waals surface area contributed by atoms with E-state index in [1.807, 2.05) is 0 Å². The third-order valence-corrected chi connectivity index (χ3v) is 21.0. The van der Waals surface area contributed by atoms with Crippen LogP contribution < -0.4 is 0 Å². The van der Waals surface area contributed by atoms with Gasteiger partial charge < -0.3 is 0 Å². The maximum atomic E-state index is 3.94. The molecule has 0 heterocycles. The van der Waals surface area contributed by atoms with Gasteiger partial charge in [-0.05, 0) is 50.8 Å². The summed E-state index contributed by atoms with van der Waals surface area (Å²) in [5.74, 6) is 7.47. The highest BCUT2D eigenvalue weighted by molar-refractivity contribution is 6.91. The summed E-state index contributed by atoms with van der Waals surface area (Å²) in [6.45, 7) is 28.6. The van der Waals surface area contributed by atoms with Crippen LogP contribution in [-0.4, -0.2) is 16.1 Å². The predicted octanol–water partition coefficient (Wildman–Crippen LogP) is 9.98. The Kier molecular flexibility index (Phi) is 9.49. The van der Waals surface area contributed by atoms with Crippen LogP contribution in [0.2, 0.25) is 33.2 Å². The van der Waals surface area contributed by atoms with E-state index in [2.05, 4.69) is 142 Å². The Balaban J connectivity index is 2.80. The smallest absolute Gasteiger partial charge is 0.125 e. The molecule has 0 radical (unpaired) electrons. The zero-order valence-electron chi connectivity index (χ0n) is 23.9. The van der Waals surface area contributed by atoms with Gasteiger partial charge in [-0.3, -0.25) is 0 Å². The van der Waals surface area contributed by atoms with Crippen LogP contribution >= 0.6 is 0 Å². The Morgan fingerprint density at radius 1 is 0.471 bits per heavy atom.